The van der Waals surface area contributed by atoms with Crippen LogP contribution in [0.25, 0.3) is 11.3 Å². The number of nitrogens with zero attached hydrogens (tertiary/aromatic N) is 3. The van der Waals surface area contributed by atoms with Crippen LogP contribution >= 0.6 is 0 Å². The Hall–Kier alpha value is -3.08. The van der Waals surface area contributed by atoms with Gasteiger partial charge in [-0.3, -0.25) is 9.40 Å². The molecule has 30 heavy (non-hydrogen) atoms. The Bertz CT molecular complexity index is 1250. The van der Waals surface area contributed by atoms with E-state index in [0.717, 1.165) is 41.5 Å². The molecule has 5 rings (SSSR count). The van der Waals surface area contributed by atoms with Crippen molar-refractivity contribution in [1.82, 2.24) is 10.2 Å². The Morgan fingerprint density at radius 1 is 1.20 bits per heavy atom. The number of sulfonamides is 1. The molecule has 0 saturated heterocycles. The number of H-pyrrole nitrogens is 1. The quantitative estimate of drug-likeness (QED) is 0.503. The molecule has 0 spiro atoms. The second-order valence-electron chi connectivity index (χ2n) is 7.37. The molecule has 1 unspecified atom stereocenters. The number of nitrogens with one attached hydrogen (secondary N) is 1. The van der Waals surface area contributed by atoms with Crippen LogP contribution in [-0.4, -0.2) is 18.6 Å². The highest BCUT2D eigenvalue weighted by Crippen LogP contribution is 2.54. The number of benzene rings is 1. The molecule has 156 valence electrons. The Balaban J connectivity index is 1.79. The van der Waals surface area contributed by atoms with Gasteiger partial charge in [0, 0.05) is 23.4 Å². The fraction of sp³-hybridized carbons (Fsp3) is 0.263. The molecule has 11 heteroatoms. The van der Waals surface area contributed by atoms with Crippen LogP contribution in [0, 0.1) is 11.1 Å². The predicted molar refractivity (Wildman–Crippen MR) is 99.6 cm³/mol. The third-order valence-electron chi connectivity index (χ3n) is 5.45. The number of fused-ring (bicyclic) bond motifs is 3. The third-order valence-corrected chi connectivity index (χ3v) is 7.30. The van der Waals surface area contributed by atoms with Gasteiger partial charge in [0.05, 0.1) is 22.2 Å². The summed E-state index contributed by atoms with van der Waals surface area (Å²) in [6.07, 6.45) is 0.424. The number of hydrogen-bond donors (Lipinski definition) is 1. The molecule has 7 nitrogen and oxygen atoms in total. The summed E-state index contributed by atoms with van der Waals surface area (Å²) in [5, 5.41) is 18.9. The van der Waals surface area contributed by atoms with E-state index in [4.69, 9.17) is 0 Å². The molecule has 1 saturated carbocycles. The van der Waals surface area contributed by atoms with Crippen molar-refractivity contribution in [3.63, 3.8) is 0 Å². The Morgan fingerprint density at radius 3 is 2.63 bits per heavy atom. The number of anilines is 1. The lowest BCUT2D eigenvalue weighted by Crippen LogP contribution is -2.41. The number of rotatable bonds is 3. The first-order chi connectivity index (χ1) is 14.2. The first-order valence-electron chi connectivity index (χ1n) is 9.17. The summed E-state index contributed by atoms with van der Waals surface area (Å²) in [7, 11) is -4.66. The third kappa shape index (κ3) is 2.76. The number of alkyl halides is 3. The van der Waals surface area contributed by atoms with Crippen LogP contribution in [0.15, 0.2) is 53.8 Å². The Labute approximate surface area is 169 Å². The Kier molecular flexibility index (Phi) is 3.91. The number of halogens is 3. The summed E-state index contributed by atoms with van der Waals surface area (Å²) in [5.41, 5.74) is 0.217. The van der Waals surface area contributed by atoms with Crippen molar-refractivity contribution in [2.45, 2.75) is 30.0 Å². The van der Waals surface area contributed by atoms with E-state index in [1.165, 1.54) is 18.3 Å². The maximum Gasteiger partial charge on any atom is 0.417 e. The van der Waals surface area contributed by atoms with Gasteiger partial charge in [-0.15, -0.1) is 0 Å². The van der Waals surface area contributed by atoms with Crippen LogP contribution < -0.4 is 9.04 Å². The largest absolute Gasteiger partial charge is 0.619 e. The van der Waals surface area contributed by atoms with Crippen molar-refractivity contribution in [2.24, 2.45) is 5.92 Å². The standard InChI is InChI=1S/C19H15F3N4O3S/c20-19(21,22)14-3-1-2-4-16(14)30(28,29)26-15-10-25(27)8-7-12(15)17-13(9-23-24-17)18(26)11-5-6-11/h1-4,7-11,18H,5-6H2,(H,23,24). The summed E-state index contributed by atoms with van der Waals surface area (Å²) in [5.74, 6) is -0.0809. The van der Waals surface area contributed by atoms with Crippen LogP contribution in [0.1, 0.15) is 30.0 Å². The predicted octanol–water partition coefficient (Wildman–Crippen LogP) is 3.39. The normalized spacial score (nSPS) is 18.8. The second kappa shape index (κ2) is 6.21. The maximum absolute atomic E-state index is 13.7. The van der Waals surface area contributed by atoms with Crippen LogP contribution in [0.3, 0.4) is 0 Å². The zero-order chi connectivity index (χ0) is 21.3. The molecule has 1 fully saturated rings. The topological polar surface area (TPSA) is 93.0 Å². The van der Waals surface area contributed by atoms with Crippen molar-refractivity contribution in [3.8, 4) is 11.3 Å². The second-order valence-corrected chi connectivity index (χ2v) is 9.15. The van der Waals surface area contributed by atoms with Gasteiger partial charge < -0.3 is 5.21 Å². The fourth-order valence-electron chi connectivity index (χ4n) is 4.03. The van der Waals surface area contributed by atoms with Crippen LogP contribution in [0.5, 0.6) is 0 Å². The number of aromatic nitrogens is 3. The van der Waals surface area contributed by atoms with E-state index in [-0.39, 0.29) is 11.6 Å². The molecule has 2 aromatic heterocycles. The SMILES string of the molecule is O=S(=O)(c1ccccc1C(F)(F)F)N1c2c[n+]([O-])ccc2-c2n[nH]cc2C1C1CC1. The summed E-state index contributed by atoms with van der Waals surface area (Å²) < 4.78 is 69.6. The van der Waals surface area contributed by atoms with Gasteiger partial charge in [-0.2, -0.15) is 23.0 Å². The summed E-state index contributed by atoms with van der Waals surface area (Å²) in [6.45, 7) is 0. The average molecular weight is 436 g/mol. The summed E-state index contributed by atoms with van der Waals surface area (Å²) in [6, 6.07) is 4.75. The molecule has 1 atom stereocenters. The van der Waals surface area contributed by atoms with Crippen molar-refractivity contribution in [3.05, 3.63) is 65.3 Å². The number of aromatic amines is 1. The summed E-state index contributed by atoms with van der Waals surface area (Å²) in [4.78, 5) is -0.845. The molecule has 3 heterocycles. The van der Waals surface area contributed by atoms with Crippen molar-refractivity contribution in [2.75, 3.05) is 4.31 Å². The van der Waals surface area contributed by atoms with Gasteiger partial charge in [-0.25, -0.2) is 8.42 Å². The van der Waals surface area contributed by atoms with E-state index in [1.54, 1.807) is 6.20 Å². The lowest BCUT2D eigenvalue weighted by atomic mass is 9.94. The number of pyridine rings is 1. The molecular weight excluding hydrogens is 421 g/mol. The van der Waals surface area contributed by atoms with Gasteiger partial charge >= 0.3 is 6.18 Å². The lowest BCUT2D eigenvalue weighted by Gasteiger charge is -2.37. The van der Waals surface area contributed by atoms with Gasteiger partial charge in [0.2, 0.25) is 6.20 Å². The molecule has 0 bridgehead atoms. The van der Waals surface area contributed by atoms with Gasteiger partial charge in [0.1, 0.15) is 5.69 Å². The van der Waals surface area contributed by atoms with Gasteiger partial charge in [-0.05, 0) is 30.9 Å². The molecule has 2 aliphatic rings. The zero-order valence-corrected chi connectivity index (χ0v) is 16.1. The first kappa shape index (κ1) is 18.9. The number of hydrogen-bond acceptors (Lipinski definition) is 4. The monoisotopic (exact) mass is 436 g/mol. The minimum atomic E-state index is -4.85. The molecule has 0 amide bonds. The highest BCUT2D eigenvalue weighted by molar-refractivity contribution is 7.93. The van der Waals surface area contributed by atoms with E-state index < -0.39 is 32.7 Å². The van der Waals surface area contributed by atoms with Crippen molar-refractivity contribution in [1.29, 1.82) is 0 Å². The van der Waals surface area contributed by atoms with Gasteiger partial charge in [0.25, 0.3) is 10.0 Å². The smallest absolute Gasteiger partial charge is 0.417 e. The van der Waals surface area contributed by atoms with Crippen molar-refractivity contribution >= 4 is 15.7 Å². The van der Waals surface area contributed by atoms with E-state index in [2.05, 4.69) is 10.2 Å². The highest BCUT2D eigenvalue weighted by atomic mass is 32.2. The average Bonchev–Trinajstić information content (AvgIpc) is 3.41. The van der Waals surface area contributed by atoms with E-state index >= 15 is 0 Å². The summed E-state index contributed by atoms with van der Waals surface area (Å²) >= 11 is 0. The molecule has 1 aliphatic heterocycles. The molecule has 3 aromatic rings. The van der Waals surface area contributed by atoms with E-state index in [9.17, 15) is 26.8 Å². The fourth-order valence-corrected chi connectivity index (χ4v) is 5.94. The molecule has 1 aromatic carbocycles. The van der Waals surface area contributed by atoms with E-state index in [0.29, 0.717) is 21.6 Å². The minimum absolute atomic E-state index is 0.0148. The lowest BCUT2D eigenvalue weighted by molar-refractivity contribution is -0.604. The van der Waals surface area contributed by atoms with Crippen LogP contribution in [0.4, 0.5) is 18.9 Å². The zero-order valence-electron chi connectivity index (χ0n) is 15.3. The molecular formula is C19H15F3N4O3S. The van der Waals surface area contributed by atoms with Gasteiger partial charge in [-0.1, -0.05) is 12.1 Å². The molecule has 1 N–H and O–H groups in total. The maximum atomic E-state index is 13.7. The minimum Gasteiger partial charge on any atom is -0.619 e. The molecule has 0 radical (unpaired) electrons. The first-order valence-corrected chi connectivity index (χ1v) is 10.6. The van der Waals surface area contributed by atoms with Crippen LogP contribution in [-0.2, 0) is 16.2 Å². The highest BCUT2D eigenvalue weighted by Gasteiger charge is 2.50. The van der Waals surface area contributed by atoms with E-state index in [1.807, 2.05) is 0 Å². The Morgan fingerprint density at radius 2 is 1.93 bits per heavy atom. The molecule has 1 aliphatic carbocycles. The van der Waals surface area contributed by atoms with Crippen LogP contribution in [0.2, 0.25) is 0 Å². The van der Waals surface area contributed by atoms with Gasteiger partial charge in [0.15, 0.2) is 6.20 Å². The van der Waals surface area contributed by atoms with Crippen molar-refractivity contribution < 1.29 is 26.3 Å².